The van der Waals surface area contributed by atoms with Crippen LogP contribution in [0.1, 0.15) is 51.0 Å². The molecule has 1 aliphatic heterocycles. The molecule has 10 heteroatoms. The van der Waals surface area contributed by atoms with Gasteiger partial charge in [0.15, 0.2) is 0 Å². The van der Waals surface area contributed by atoms with Gasteiger partial charge in [-0.2, -0.15) is 0 Å². The zero-order valence-corrected chi connectivity index (χ0v) is 19.8. The molecular formula is C24H28F2N4O4. The second kappa shape index (κ2) is 9.74. The summed E-state index contributed by atoms with van der Waals surface area (Å²) >= 11 is 0. The third-order valence-corrected chi connectivity index (χ3v) is 6.30. The van der Waals surface area contributed by atoms with Gasteiger partial charge in [0.05, 0.1) is 23.8 Å². The van der Waals surface area contributed by atoms with E-state index >= 15 is 0 Å². The van der Waals surface area contributed by atoms with E-state index in [1.165, 1.54) is 34.6 Å². The number of piperidine rings is 1. The zero-order chi connectivity index (χ0) is 25.3. The summed E-state index contributed by atoms with van der Waals surface area (Å²) in [5, 5.41) is 5.13. The number of alkyl halides is 1. The lowest BCUT2D eigenvalue weighted by Gasteiger charge is -2.34. The SMILES string of the molecule is CC(=O)N1CC[C@@H](NC(=O)C(=O)c2c(C)c(C(=O)Nc3ccc(F)c(C)c3)c(C)n2C)[C@H](F)C1. The molecule has 1 fully saturated rings. The van der Waals surface area contributed by atoms with Crippen molar-refractivity contribution in [2.75, 3.05) is 18.4 Å². The van der Waals surface area contributed by atoms with Crippen molar-refractivity contribution < 1.29 is 28.0 Å². The number of nitrogens with one attached hydrogen (secondary N) is 2. The number of nitrogens with zero attached hydrogens (tertiary/aromatic N) is 2. The van der Waals surface area contributed by atoms with E-state index in [-0.39, 0.29) is 36.7 Å². The summed E-state index contributed by atoms with van der Waals surface area (Å²) < 4.78 is 29.5. The second-order valence-corrected chi connectivity index (χ2v) is 8.59. The molecule has 2 aromatic rings. The summed E-state index contributed by atoms with van der Waals surface area (Å²) in [6.07, 6.45) is -1.30. The molecule has 182 valence electrons. The number of hydrogen-bond donors (Lipinski definition) is 2. The first-order chi connectivity index (χ1) is 15.9. The van der Waals surface area contributed by atoms with Crippen molar-refractivity contribution in [1.82, 2.24) is 14.8 Å². The molecule has 34 heavy (non-hydrogen) atoms. The van der Waals surface area contributed by atoms with Gasteiger partial charge in [-0.25, -0.2) is 8.78 Å². The molecule has 1 aliphatic rings. The van der Waals surface area contributed by atoms with E-state index in [4.69, 9.17) is 0 Å². The predicted molar refractivity (Wildman–Crippen MR) is 122 cm³/mol. The van der Waals surface area contributed by atoms with E-state index in [0.717, 1.165) is 0 Å². The topological polar surface area (TPSA) is 101 Å². The smallest absolute Gasteiger partial charge is 0.294 e. The average molecular weight is 475 g/mol. The Balaban J connectivity index is 1.78. The maximum absolute atomic E-state index is 14.5. The number of rotatable bonds is 5. The Hall–Kier alpha value is -3.56. The van der Waals surface area contributed by atoms with Gasteiger partial charge in [0.2, 0.25) is 5.91 Å². The van der Waals surface area contributed by atoms with Crippen LogP contribution < -0.4 is 10.6 Å². The normalized spacial score (nSPS) is 17.9. The van der Waals surface area contributed by atoms with Crippen molar-refractivity contribution in [3.63, 3.8) is 0 Å². The fraction of sp³-hybridized carbons (Fsp3) is 0.417. The van der Waals surface area contributed by atoms with Crippen LogP contribution in [0.5, 0.6) is 0 Å². The van der Waals surface area contributed by atoms with Crippen molar-refractivity contribution in [3.05, 3.63) is 52.1 Å². The number of halogens is 2. The molecule has 1 aromatic carbocycles. The third kappa shape index (κ3) is 4.85. The highest BCUT2D eigenvalue weighted by molar-refractivity contribution is 6.43. The number of likely N-dealkylation sites (tertiary alicyclic amines) is 1. The first-order valence-corrected chi connectivity index (χ1v) is 10.9. The summed E-state index contributed by atoms with van der Waals surface area (Å²) in [5.41, 5.74) is 1.77. The van der Waals surface area contributed by atoms with Crippen LogP contribution >= 0.6 is 0 Å². The molecule has 2 heterocycles. The molecule has 0 aliphatic carbocycles. The summed E-state index contributed by atoms with van der Waals surface area (Å²) in [6, 6.07) is 3.27. The van der Waals surface area contributed by atoms with Crippen molar-refractivity contribution in [2.24, 2.45) is 7.05 Å². The molecule has 0 spiro atoms. The molecule has 2 atom stereocenters. The molecule has 2 N–H and O–H groups in total. The van der Waals surface area contributed by atoms with E-state index < -0.39 is 35.6 Å². The van der Waals surface area contributed by atoms with Crippen molar-refractivity contribution in [3.8, 4) is 0 Å². The molecule has 0 radical (unpaired) electrons. The molecular weight excluding hydrogens is 446 g/mol. The monoisotopic (exact) mass is 474 g/mol. The maximum atomic E-state index is 14.5. The molecule has 3 rings (SSSR count). The number of aromatic nitrogens is 1. The Labute approximate surface area is 196 Å². The van der Waals surface area contributed by atoms with Gasteiger partial charge in [0.1, 0.15) is 12.0 Å². The summed E-state index contributed by atoms with van der Waals surface area (Å²) in [7, 11) is 1.56. The largest absolute Gasteiger partial charge is 0.344 e. The summed E-state index contributed by atoms with van der Waals surface area (Å²) in [6.45, 7) is 6.25. The van der Waals surface area contributed by atoms with E-state index in [1.54, 1.807) is 27.8 Å². The molecule has 1 aromatic heterocycles. The van der Waals surface area contributed by atoms with Crippen LogP contribution in [0, 0.1) is 26.6 Å². The highest BCUT2D eigenvalue weighted by Gasteiger charge is 2.34. The van der Waals surface area contributed by atoms with Crippen molar-refractivity contribution >= 4 is 29.2 Å². The number of Topliss-reactive ketones (excluding diaryl/α,β-unsaturated/α-hetero) is 1. The number of aryl methyl sites for hydroxylation is 1. The van der Waals surface area contributed by atoms with Gasteiger partial charge >= 0.3 is 0 Å². The van der Waals surface area contributed by atoms with E-state index in [9.17, 15) is 28.0 Å². The van der Waals surface area contributed by atoms with Gasteiger partial charge in [-0.1, -0.05) is 0 Å². The molecule has 0 saturated carbocycles. The van der Waals surface area contributed by atoms with E-state index in [2.05, 4.69) is 10.6 Å². The third-order valence-electron chi connectivity index (χ3n) is 6.30. The first-order valence-electron chi connectivity index (χ1n) is 10.9. The minimum Gasteiger partial charge on any atom is -0.344 e. The van der Waals surface area contributed by atoms with Crippen LogP contribution in [0.3, 0.4) is 0 Å². The Morgan fingerprint density at radius 1 is 1.12 bits per heavy atom. The van der Waals surface area contributed by atoms with Crippen LogP contribution in [0.15, 0.2) is 18.2 Å². The van der Waals surface area contributed by atoms with Gasteiger partial charge in [0, 0.05) is 31.9 Å². The number of ketones is 1. The Morgan fingerprint density at radius 3 is 2.38 bits per heavy atom. The summed E-state index contributed by atoms with van der Waals surface area (Å²) in [5.74, 6) is -3.02. The highest BCUT2D eigenvalue weighted by atomic mass is 19.1. The standard InChI is InChI=1S/C24H28F2N4O4/c1-12-10-16(6-7-17(12)25)27-23(33)20-13(2)21(29(5)14(20)3)22(32)24(34)28-19-8-9-30(15(4)31)11-18(19)26/h6-7,10,18-19H,8-9,11H2,1-5H3,(H,27,33)(H,28,34)/t18-,19-/m1/s1. The Bertz CT molecular complexity index is 1170. The number of benzene rings is 1. The maximum Gasteiger partial charge on any atom is 0.294 e. The Morgan fingerprint density at radius 2 is 1.79 bits per heavy atom. The minimum atomic E-state index is -1.49. The van der Waals surface area contributed by atoms with Crippen molar-refractivity contribution in [1.29, 1.82) is 0 Å². The highest BCUT2D eigenvalue weighted by Crippen LogP contribution is 2.24. The molecule has 0 bridgehead atoms. The molecule has 3 amide bonds. The molecule has 1 saturated heterocycles. The van der Waals surface area contributed by atoms with Crippen LogP contribution in [0.4, 0.5) is 14.5 Å². The van der Waals surface area contributed by atoms with Gasteiger partial charge < -0.3 is 20.1 Å². The number of amides is 3. The number of carbonyl (C=O) groups excluding carboxylic acids is 4. The van der Waals surface area contributed by atoms with Gasteiger partial charge in [-0.15, -0.1) is 0 Å². The van der Waals surface area contributed by atoms with Gasteiger partial charge in [-0.05, 0) is 56.5 Å². The lowest BCUT2D eigenvalue weighted by Crippen LogP contribution is -2.54. The quantitative estimate of drug-likeness (QED) is 0.514. The fourth-order valence-corrected chi connectivity index (χ4v) is 4.24. The van der Waals surface area contributed by atoms with Crippen molar-refractivity contribution in [2.45, 2.75) is 46.3 Å². The number of hydrogen-bond acceptors (Lipinski definition) is 4. The Kier molecular flexibility index (Phi) is 7.18. The van der Waals surface area contributed by atoms with Crippen LogP contribution in [0.25, 0.3) is 0 Å². The molecule has 0 unspecified atom stereocenters. The first kappa shape index (κ1) is 25.1. The lowest BCUT2D eigenvalue weighted by atomic mass is 10.0. The number of anilines is 1. The van der Waals surface area contributed by atoms with Crippen LogP contribution in [-0.2, 0) is 16.6 Å². The second-order valence-electron chi connectivity index (χ2n) is 8.59. The number of carbonyl (C=O) groups is 4. The van der Waals surface area contributed by atoms with Crippen LogP contribution in [0.2, 0.25) is 0 Å². The van der Waals surface area contributed by atoms with E-state index in [0.29, 0.717) is 22.5 Å². The minimum absolute atomic E-state index is 0.0204. The average Bonchev–Trinajstić information content (AvgIpc) is 2.99. The predicted octanol–water partition coefficient (Wildman–Crippen LogP) is 2.60. The van der Waals surface area contributed by atoms with Gasteiger partial charge in [-0.3, -0.25) is 19.2 Å². The molecule has 8 nitrogen and oxygen atoms in total. The zero-order valence-electron chi connectivity index (χ0n) is 19.8. The van der Waals surface area contributed by atoms with E-state index in [1.807, 2.05) is 0 Å². The van der Waals surface area contributed by atoms with Crippen LogP contribution in [-0.4, -0.2) is 58.3 Å². The van der Waals surface area contributed by atoms with Gasteiger partial charge in [0.25, 0.3) is 17.6 Å². The lowest BCUT2D eigenvalue weighted by molar-refractivity contribution is -0.131. The summed E-state index contributed by atoms with van der Waals surface area (Å²) in [4.78, 5) is 51.4. The fourth-order valence-electron chi connectivity index (χ4n) is 4.24.